The van der Waals surface area contributed by atoms with Crippen molar-refractivity contribution in [3.8, 4) is 0 Å². The van der Waals surface area contributed by atoms with Crippen LogP contribution in [0.4, 0.5) is 11.4 Å². The molecule has 2 amide bonds. The Morgan fingerprint density at radius 1 is 1.17 bits per heavy atom. The molecule has 3 aromatic rings. The lowest BCUT2D eigenvalue weighted by Gasteiger charge is -2.22. The molecule has 0 aliphatic carbocycles. The van der Waals surface area contributed by atoms with Crippen LogP contribution in [-0.4, -0.2) is 39.7 Å². The Morgan fingerprint density at radius 3 is 2.57 bits per heavy atom. The van der Waals surface area contributed by atoms with Crippen molar-refractivity contribution in [2.24, 2.45) is 5.73 Å². The summed E-state index contributed by atoms with van der Waals surface area (Å²) >= 11 is 0. The first-order chi connectivity index (χ1) is 14.3. The Bertz CT molecular complexity index is 1130. The van der Waals surface area contributed by atoms with Gasteiger partial charge in [0.25, 0.3) is 5.91 Å². The molecule has 0 bridgehead atoms. The summed E-state index contributed by atoms with van der Waals surface area (Å²) in [6.45, 7) is 7.72. The van der Waals surface area contributed by atoms with Crippen LogP contribution in [0.15, 0.2) is 30.5 Å². The molecule has 1 fully saturated rings. The molecule has 0 radical (unpaired) electrons. The molecule has 8 nitrogen and oxygen atoms in total. The summed E-state index contributed by atoms with van der Waals surface area (Å²) < 4.78 is 1.84. The Hall–Kier alpha value is -3.42. The number of benzene rings is 1. The van der Waals surface area contributed by atoms with Crippen molar-refractivity contribution in [2.45, 2.75) is 39.7 Å². The maximum Gasteiger partial charge on any atom is 0.257 e. The van der Waals surface area contributed by atoms with Crippen LogP contribution in [0.25, 0.3) is 11.0 Å². The minimum Gasteiger partial charge on any atom is -0.370 e. The number of aromatic nitrogens is 3. The van der Waals surface area contributed by atoms with Gasteiger partial charge in [0.1, 0.15) is 0 Å². The summed E-state index contributed by atoms with van der Waals surface area (Å²) in [6.07, 6.45) is 3.93. The van der Waals surface area contributed by atoms with Gasteiger partial charge in [0.15, 0.2) is 5.65 Å². The van der Waals surface area contributed by atoms with E-state index in [0.29, 0.717) is 22.5 Å². The SMILES string of the molecule is Cc1nc2c(cnn2C(C)C)cc1C(=O)Nc1cc(C(N)=O)ccc1N1CCCC1. The highest BCUT2D eigenvalue weighted by Gasteiger charge is 2.21. The van der Waals surface area contributed by atoms with Crippen LogP contribution in [0, 0.1) is 6.92 Å². The van der Waals surface area contributed by atoms with Crippen molar-refractivity contribution in [3.63, 3.8) is 0 Å². The number of rotatable bonds is 5. The third-order valence-corrected chi connectivity index (χ3v) is 5.47. The van der Waals surface area contributed by atoms with Crippen LogP contribution in [0.3, 0.4) is 0 Å². The van der Waals surface area contributed by atoms with Gasteiger partial charge in [-0.3, -0.25) is 9.59 Å². The van der Waals surface area contributed by atoms with E-state index < -0.39 is 5.91 Å². The molecule has 0 atom stereocenters. The summed E-state index contributed by atoms with van der Waals surface area (Å²) in [4.78, 5) is 31.7. The smallest absolute Gasteiger partial charge is 0.257 e. The molecule has 2 aromatic heterocycles. The van der Waals surface area contributed by atoms with Crippen LogP contribution in [-0.2, 0) is 0 Å². The van der Waals surface area contributed by atoms with Crippen molar-refractivity contribution in [2.75, 3.05) is 23.3 Å². The van der Waals surface area contributed by atoms with E-state index in [2.05, 4.69) is 20.3 Å². The number of nitrogens with one attached hydrogen (secondary N) is 1. The van der Waals surface area contributed by atoms with E-state index in [1.807, 2.05) is 37.6 Å². The number of nitrogens with two attached hydrogens (primary N) is 1. The second-order valence-corrected chi connectivity index (χ2v) is 7.96. The lowest BCUT2D eigenvalue weighted by atomic mass is 10.1. The Balaban J connectivity index is 1.70. The highest BCUT2D eigenvalue weighted by atomic mass is 16.2. The van der Waals surface area contributed by atoms with Gasteiger partial charge in [-0.2, -0.15) is 5.10 Å². The lowest BCUT2D eigenvalue weighted by Crippen LogP contribution is -2.22. The van der Waals surface area contributed by atoms with E-state index in [0.717, 1.165) is 42.7 Å². The van der Waals surface area contributed by atoms with Crippen molar-refractivity contribution in [3.05, 3.63) is 47.3 Å². The molecular formula is C22H26N6O2. The summed E-state index contributed by atoms with van der Waals surface area (Å²) in [5, 5.41) is 8.17. The van der Waals surface area contributed by atoms with Crippen molar-refractivity contribution < 1.29 is 9.59 Å². The van der Waals surface area contributed by atoms with E-state index in [1.54, 1.807) is 18.3 Å². The Labute approximate surface area is 175 Å². The number of amides is 2. The van der Waals surface area contributed by atoms with Crippen LogP contribution in [0.2, 0.25) is 0 Å². The molecule has 1 aliphatic heterocycles. The van der Waals surface area contributed by atoms with Gasteiger partial charge in [-0.15, -0.1) is 0 Å². The first-order valence-electron chi connectivity index (χ1n) is 10.2. The van der Waals surface area contributed by atoms with E-state index in [-0.39, 0.29) is 11.9 Å². The van der Waals surface area contributed by atoms with Gasteiger partial charge < -0.3 is 16.0 Å². The molecule has 0 spiro atoms. The number of pyridine rings is 1. The van der Waals surface area contributed by atoms with Gasteiger partial charge in [-0.1, -0.05) is 0 Å². The third-order valence-electron chi connectivity index (χ3n) is 5.47. The Morgan fingerprint density at radius 2 is 1.90 bits per heavy atom. The first kappa shape index (κ1) is 19.9. The number of hydrogen-bond donors (Lipinski definition) is 2. The molecule has 3 N–H and O–H groups in total. The summed E-state index contributed by atoms with van der Waals surface area (Å²) in [5.41, 5.74) is 9.14. The fourth-order valence-corrected chi connectivity index (χ4v) is 3.89. The van der Waals surface area contributed by atoms with Gasteiger partial charge in [0.2, 0.25) is 5.91 Å². The second kappa shape index (κ2) is 7.78. The number of nitrogens with zero attached hydrogens (tertiary/aromatic N) is 4. The van der Waals surface area contributed by atoms with Gasteiger partial charge in [0.05, 0.1) is 28.8 Å². The van der Waals surface area contributed by atoms with E-state index in [4.69, 9.17) is 5.73 Å². The normalized spacial score (nSPS) is 13.9. The number of anilines is 2. The van der Waals surface area contributed by atoms with E-state index >= 15 is 0 Å². The highest BCUT2D eigenvalue weighted by molar-refractivity contribution is 6.09. The zero-order valence-corrected chi connectivity index (χ0v) is 17.5. The van der Waals surface area contributed by atoms with Crippen molar-refractivity contribution in [1.29, 1.82) is 0 Å². The summed E-state index contributed by atoms with van der Waals surface area (Å²) in [5.74, 6) is -0.805. The molecular weight excluding hydrogens is 380 g/mol. The number of hydrogen-bond acceptors (Lipinski definition) is 5. The fourth-order valence-electron chi connectivity index (χ4n) is 3.89. The average Bonchev–Trinajstić information content (AvgIpc) is 3.36. The molecule has 0 unspecified atom stereocenters. The zero-order valence-electron chi connectivity index (χ0n) is 17.5. The quantitative estimate of drug-likeness (QED) is 0.676. The van der Waals surface area contributed by atoms with Crippen LogP contribution >= 0.6 is 0 Å². The monoisotopic (exact) mass is 406 g/mol. The van der Waals surface area contributed by atoms with Gasteiger partial charge in [-0.05, 0) is 57.9 Å². The maximum atomic E-state index is 13.2. The largest absolute Gasteiger partial charge is 0.370 e. The third kappa shape index (κ3) is 3.60. The van der Waals surface area contributed by atoms with E-state index in [9.17, 15) is 9.59 Å². The molecule has 1 aromatic carbocycles. The topological polar surface area (TPSA) is 106 Å². The number of fused-ring (bicyclic) bond motifs is 1. The van der Waals surface area contributed by atoms with Gasteiger partial charge >= 0.3 is 0 Å². The molecule has 3 heterocycles. The van der Waals surface area contributed by atoms with Crippen molar-refractivity contribution >= 4 is 34.2 Å². The predicted octanol–water partition coefficient (Wildman–Crippen LogP) is 3.27. The maximum absolute atomic E-state index is 13.2. The van der Waals surface area contributed by atoms with Gasteiger partial charge in [-0.25, -0.2) is 9.67 Å². The number of primary amides is 1. The molecule has 156 valence electrons. The number of carbonyl (C=O) groups is 2. The molecule has 1 saturated heterocycles. The molecule has 1 aliphatic rings. The zero-order chi connectivity index (χ0) is 21.4. The number of aryl methyl sites for hydroxylation is 1. The average molecular weight is 406 g/mol. The molecule has 0 saturated carbocycles. The van der Waals surface area contributed by atoms with E-state index in [1.165, 1.54) is 0 Å². The highest BCUT2D eigenvalue weighted by Crippen LogP contribution is 2.31. The van der Waals surface area contributed by atoms with Crippen LogP contribution in [0.1, 0.15) is 59.1 Å². The molecule has 4 rings (SSSR count). The lowest BCUT2D eigenvalue weighted by molar-refractivity contribution is 0.0996. The first-order valence-corrected chi connectivity index (χ1v) is 10.2. The minimum atomic E-state index is -0.529. The standard InChI is InChI=1S/C22H26N6O2/c1-13(2)28-21-16(12-24-28)10-17(14(3)25-21)22(30)26-18-11-15(20(23)29)6-7-19(18)27-8-4-5-9-27/h6-7,10-13H,4-5,8-9H2,1-3H3,(H2,23,29)(H,26,30). The van der Waals surface area contributed by atoms with Crippen molar-refractivity contribution in [1.82, 2.24) is 14.8 Å². The second-order valence-electron chi connectivity index (χ2n) is 7.96. The van der Waals surface area contributed by atoms with Crippen LogP contribution < -0.4 is 16.0 Å². The summed E-state index contributed by atoms with van der Waals surface area (Å²) in [7, 11) is 0. The van der Waals surface area contributed by atoms with Crippen LogP contribution in [0.5, 0.6) is 0 Å². The Kier molecular flexibility index (Phi) is 5.15. The minimum absolute atomic E-state index is 0.175. The van der Waals surface area contributed by atoms with Gasteiger partial charge in [0, 0.05) is 30.1 Å². The summed E-state index contributed by atoms with van der Waals surface area (Å²) in [6, 6.07) is 7.18. The molecule has 30 heavy (non-hydrogen) atoms. The number of carbonyl (C=O) groups excluding carboxylic acids is 2. The predicted molar refractivity (Wildman–Crippen MR) is 117 cm³/mol. The molecule has 8 heteroatoms. The fraction of sp³-hybridized carbons (Fsp3) is 0.364.